The first-order valence-corrected chi connectivity index (χ1v) is 4.13. The summed E-state index contributed by atoms with van der Waals surface area (Å²) >= 11 is 0. The van der Waals surface area contributed by atoms with Gasteiger partial charge in [-0.05, 0) is 24.0 Å². The number of hydrogen-bond donors (Lipinski definition) is 1. The SMILES string of the molecule is CCc1ccccc1C#CC(N)=O. The number of carbonyl (C=O) groups is 1. The van der Waals surface area contributed by atoms with Gasteiger partial charge in [-0.3, -0.25) is 4.79 Å². The number of amides is 1. The van der Waals surface area contributed by atoms with Crippen molar-refractivity contribution in [3.63, 3.8) is 0 Å². The van der Waals surface area contributed by atoms with E-state index >= 15 is 0 Å². The standard InChI is InChI=1S/C11H11NO/c1-2-9-5-3-4-6-10(9)7-8-11(12)13/h3-6H,2H2,1H3,(H2,12,13). The van der Waals surface area contributed by atoms with Gasteiger partial charge in [-0.15, -0.1) is 0 Å². The number of aryl methyl sites for hydroxylation is 1. The van der Waals surface area contributed by atoms with E-state index in [0.717, 1.165) is 17.5 Å². The molecular weight excluding hydrogens is 162 g/mol. The molecule has 0 fully saturated rings. The largest absolute Gasteiger partial charge is 0.359 e. The maximum Gasteiger partial charge on any atom is 0.293 e. The van der Waals surface area contributed by atoms with Crippen LogP contribution in [0, 0.1) is 11.8 Å². The van der Waals surface area contributed by atoms with Crippen molar-refractivity contribution in [1.29, 1.82) is 0 Å². The third kappa shape index (κ3) is 2.64. The monoisotopic (exact) mass is 173 g/mol. The van der Waals surface area contributed by atoms with E-state index in [9.17, 15) is 4.79 Å². The maximum absolute atomic E-state index is 10.4. The van der Waals surface area contributed by atoms with Crippen LogP contribution in [-0.4, -0.2) is 5.91 Å². The van der Waals surface area contributed by atoms with Crippen molar-refractivity contribution >= 4 is 5.91 Å². The molecule has 1 aromatic carbocycles. The van der Waals surface area contributed by atoms with Crippen molar-refractivity contribution in [1.82, 2.24) is 0 Å². The first-order valence-electron chi connectivity index (χ1n) is 4.13. The normalized spacial score (nSPS) is 8.69. The van der Waals surface area contributed by atoms with Crippen molar-refractivity contribution in [3.05, 3.63) is 35.4 Å². The molecule has 13 heavy (non-hydrogen) atoms. The molecule has 0 aliphatic heterocycles. The second kappa shape index (κ2) is 4.32. The number of rotatable bonds is 1. The minimum absolute atomic E-state index is 0.592. The highest BCUT2D eigenvalue weighted by atomic mass is 16.1. The first kappa shape index (κ1) is 9.34. The molecule has 66 valence electrons. The molecule has 0 saturated heterocycles. The van der Waals surface area contributed by atoms with Gasteiger partial charge in [-0.1, -0.05) is 31.0 Å². The lowest BCUT2D eigenvalue weighted by Crippen LogP contribution is -2.06. The van der Waals surface area contributed by atoms with Gasteiger partial charge in [0, 0.05) is 5.56 Å². The molecular formula is C11H11NO. The minimum Gasteiger partial charge on any atom is -0.359 e. The van der Waals surface area contributed by atoms with Crippen molar-refractivity contribution < 1.29 is 4.79 Å². The summed E-state index contributed by atoms with van der Waals surface area (Å²) in [6, 6.07) is 7.72. The summed E-state index contributed by atoms with van der Waals surface area (Å²) in [6.45, 7) is 2.05. The Balaban J connectivity index is 3.02. The summed E-state index contributed by atoms with van der Waals surface area (Å²) in [4.78, 5) is 10.4. The lowest BCUT2D eigenvalue weighted by Gasteiger charge is -1.98. The second-order valence-corrected chi connectivity index (χ2v) is 2.62. The van der Waals surface area contributed by atoms with Gasteiger partial charge in [0.05, 0.1) is 0 Å². The summed E-state index contributed by atoms with van der Waals surface area (Å²) in [5.41, 5.74) is 6.93. The van der Waals surface area contributed by atoms with Gasteiger partial charge in [-0.25, -0.2) is 0 Å². The third-order valence-electron chi connectivity index (χ3n) is 1.72. The summed E-state index contributed by atoms with van der Waals surface area (Å²) in [5, 5.41) is 0. The zero-order chi connectivity index (χ0) is 9.68. The van der Waals surface area contributed by atoms with Crippen LogP contribution in [0.3, 0.4) is 0 Å². The highest BCUT2D eigenvalue weighted by Crippen LogP contribution is 2.06. The molecule has 0 radical (unpaired) electrons. The number of primary amides is 1. The van der Waals surface area contributed by atoms with Crippen LogP contribution in [0.15, 0.2) is 24.3 Å². The molecule has 0 unspecified atom stereocenters. The number of nitrogens with two attached hydrogens (primary N) is 1. The first-order chi connectivity index (χ1) is 6.24. The Morgan fingerprint density at radius 2 is 2.15 bits per heavy atom. The average molecular weight is 173 g/mol. The molecule has 2 N–H and O–H groups in total. The average Bonchev–Trinajstić information content (AvgIpc) is 2.15. The smallest absolute Gasteiger partial charge is 0.293 e. The molecule has 1 rings (SSSR count). The van der Waals surface area contributed by atoms with Gasteiger partial charge in [0.2, 0.25) is 0 Å². The fraction of sp³-hybridized carbons (Fsp3) is 0.182. The van der Waals surface area contributed by atoms with Crippen LogP contribution < -0.4 is 5.73 Å². The van der Waals surface area contributed by atoms with Crippen LogP contribution in [0.1, 0.15) is 18.1 Å². The molecule has 2 nitrogen and oxygen atoms in total. The van der Waals surface area contributed by atoms with E-state index in [-0.39, 0.29) is 0 Å². The Hall–Kier alpha value is -1.75. The van der Waals surface area contributed by atoms with E-state index < -0.39 is 5.91 Å². The van der Waals surface area contributed by atoms with Gasteiger partial charge in [0.15, 0.2) is 0 Å². The fourth-order valence-corrected chi connectivity index (χ4v) is 1.08. The quantitative estimate of drug-likeness (QED) is 0.634. The fourth-order valence-electron chi connectivity index (χ4n) is 1.08. The Kier molecular flexibility index (Phi) is 3.10. The van der Waals surface area contributed by atoms with Gasteiger partial charge in [-0.2, -0.15) is 0 Å². The molecule has 0 bridgehead atoms. The van der Waals surface area contributed by atoms with Crippen LogP contribution in [0.4, 0.5) is 0 Å². The number of carbonyl (C=O) groups excluding carboxylic acids is 1. The van der Waals surface area contributed by atoms with Crippen molar-refractivity contribution in [3.8, 4) is 11.8 Å². The van der Waals surface area contributed by atoms with E-state index in [4.69, 9.17) is 5.73 Å². The van der Waals surface area contributed by atoms with Gasteiger partial charge < -0.3 is 5.73 Å². The number of hydrogen-bond acceptors (Lipinski definition) is 1. The highest BCUT2D eigenvalue weighted by molar-refractivity contribution is 5.92. The van der Waals surface area contributed by atoms with E-state index in [1.807, 2.05) is 31.2 Å². The molecule has 0 saturated carbocycles. The van der Waals surface area contributed by atoms with E-state index in [1.165, 1.54) is 0 Å². The van der Waals surface area contributed by atoms with Crippen LogP contribution in [0.25, 0.3) is 0 Å². The number of benzene rings is 1. The molecule has 0 spiro atoms. The van der Waals surface area contributed by atoms with Crippen LogP contribution in [0.2, 0.25) is 0 Å². The highest BCUT2D eigenvalue weighted by Gasteiger charge is 1.94. The van der Waals surface area contributed by atoms with Crippen LogP contribution in [-0.2, 0) is 11.2 Å². The predicted octanol–water partition coefficient (Wildman–Crippen LogP) is 1.09. The minimum atomic E-state index is -0.592. The van der Waals surface area contributed by atoms with E-state index in [0.29, 0.717) is 0 Å². The van der Waals surface area contributed by atoms with Gasteiger partial charge in [0.1, 0.15) is 0 Å². The van der Waals surface area contributed by atoms with Crippen LogP contribution >= 0.6 is 0 Å². The predicted molar refractivity (Wildman–Crippen MR) is 51.9 cm³/mol. The maximum atomic E-state index is 10.4. The Morgan fingerprint density at radius 3 is 2.77 bits per heavy atom. The van der Waals surface area contributed by atoms with Crippen molar-refractivity contribution in [2.24, 2.45) is 5.73 Å². The molecule has 0 heterocycles. The molecule has 1 aromatic rings. The second-order valence-electron chi connectivity index (χ2n) is 2.62. The summed E-state index contributed by atoms with van der Waals surface area (Å²) in [7, 11) is 0. The molecule has 0 aromatic heterocycles. The lowest BCUT2D eigenvalue weighted by molar-refractivity contribution is -0.112. The van der Waals surface area contributed by atoms with Crippen LogP contribution in [0.5, 0.6) is 0 Å². The zero-order valence-corrected chi connectivity index (χ0v) is 7.50. The summed E-state index contributed by atoms with van der Waals surface area (Å²) in [6.07, 6.45) is 0.906. The Bertz CT molecular complexity index is 371. The zero-order valence-electron chi connectivity index (χ0n) is 7.50. The summed E-state index contributed by atoms with van der Waals surface area (Å²) < 4.78 is 0. The Labute approximate surface area is 77.8 Å². The van der Waals surface area contributed by atoms with E-state index in [1.54, 1.807) is 0 Å². The molecule has 0 aliphatic rings. The Morgan fingerprint density at radius 1 is 1.46 bits per heavy atom. The lowest BCUT2D eigenvalue weighted by atomic mass is 10.1. The molecule has 0 aliphatic carbocycles. The molecule has 2 heteroatoms. The summed E-state index contributed by atoms with van der Waals surface area (Å²) in [5.74, 6) is 4.47. The van der Waals surface area contributed by atoms with Crippen molar-refractivity contribution in [2.75, 3.05) is 0 Å². The molecule has 1 amide bonds. The van der Waals surface area contributed by atoms with E-state index in [2.05, 4.69) is 11.8 Å². The van der Waals surface area contributed by atoms with Crippen molar-refractivity contribution in [2.45, 2.75) is 13.3 Å². The molecule has 0 atom stereocenters. The van der Waals surface area contributed by atoms with Gasteiger partial charge >= 0.3 is 0 Å². The van der Waals surface area contributed by atoms with Gasteiger partial charge in [0.25, 0.3) is 5.91 Å². The topological polar surface area (TPSA) is 43.1 Å². The third-order valence-corrected chi connectivity index (χ3v) is 1.72.